The summed E-state index contributed by atoms with van der Waals surface area (Å²) in [6, 6.07) is 8.87. The van der Waals surface area contributed by atoms with Crippen LogP contribution in [0.25, 0.3) is 5.52 Å². The van der Waals surface area contributed by atoms with Crippen LogP contribution >= 0.6 is 0 Å². The van der Waals surface area contributed by atoms with Gasteiger partial charge in [0.2, 0.25) is 5.91 Å². The minimum atomic E-state index is -0.523. The van der Waals surface area contributed by atoms with Crippen LogP contribution in [0.15, 0.2) is 52.3 Å². The van der Waals surface area contributed by atoms with Gasteiger partial charge in [0, 0.05) is 31.4 Å². The van der Waals surface area contributed by atoms with E-state index in [-0.39, 0.29) is 18.9 Å². The number of fused-ring (bicyclic) bond motifs is 1. The molecule has 23 heavy (non-hydrogen) atoms. The quantitative estimate of drug-likeness (QED) is 0.686. The number of H-pyrrole nitrogens is 1. The van der Waals surface area contributed by atoms with Crippen molar-refractivity contribution in [3.05, 3.63) is 69.3 Å². The van der Waals surface area contributed by atoms with Crippen molar-refractivity contribution in [3.8, 4) is 0 Å². The Balaban J connectivity index is 1.55. The van der Waals surface area contributed by atoms with E-state index >= 15 is 0 Å². The SMILES string of the molecule is O=C(CCn1ccc(=O)[nH]c1=O)NCc1cc2ccccn2n1. The van der Waals surface area contributed by atoms with Crippen molar-refractivity contribution in [1.29, 1.82) is 0 Å². The zero-order chi connectivity index (χ0) is 16.2. The lowest BCUT2D eigenvalue weighted by molar-refractivity contribution is -0.121. The van der Waals surface area contributed by atoms with E-state index in [4.69, 9.17) is 0 Å². The molecule has 118 valence electrons. The molecule has 3 aromatic heterocycles. The van der Waals surface area contributed by atoms with Crippen molar-refractivity contribution in [3.63, 3.8) is 0 Å². The number of hydrogen-bond donors (Lipinski definition) is 2. The van der Waals surface area contributed by atoms with Gasteiger partial charge in [-0.2, -0.15) is 5.10 Å². The van der Waals surface area contributed by atoms with Crippen molar-refractivity contribution in [1.82, 2.24) is 24.5 Å². The Morgan fingerprint density at radius 3 is 2.87 bits per heavy atom. The molecule has 0 fully saturated rings. The largest absolute Gasteiger partial charge is 0.350 e. The summed E-state index contributed by atoms with van der Waals surface area (Å²) < 4.78 is 3.02. The fourth-order valence-corrected chi connectivity index (χ4v) is 2.20. The molecule has 0 saturated heterocycles. The number of nitrogens with zero attached hydrogens (tertiary/aromatic N) is 3. The van der Waals surface area contributed by atoms with E-state index < -0.39 is 11.2 Å². The van der Waals surface area contributed by atoms with Gasteiger partial charge < -0.3 is 9.88 Å². The van der Waals surface area contributed by atoms with Crippen LogP contribution in [0.3, 0.4) is 0 Å². The third-order valence-corrected chi connectivity index (χ3v) is 3.36. The lowest BCUT2D eigenvalue weighted by atomic mass is 10.3. The maximum absolute atomic E-state index is 11.9. The number of carbonyl (C=O) groups excluding carboxylic acids is 1. The normalized spacial score (nSPS) is 10.8. The van der Waals surface area contributed by atoms with Gasteiger partial charge >= 0.3 is 5.69 Å². The van der Waals surface area contributed by atoms with Gasteiger partial charge in [-0.1, -0.05) is 6.07 Å². The van der Waals surface area contributed by atoms with E-state index in [1.807, 2.05) is 30.5 Å². The first-order valence-electron chi connectivity index (χ1n) is 7.11. The molecule has 0 saturated carbocycles. The summed E-state index contributed by atoms with van der Waals surface area (Å²) in [5.74, 6) is -0.194. The molecule has 3 rings (SSSR count). The highest BCUT2D eigenvalue weighted by atomic mass is 16.2. The van der Waals surface area contributed by atoms with Crippen molar-refractivity contribution >= 4 is 11.4 Å². The van der Waals surface area contributed by atoms with Crippen LogP contribution in [-0.2, 0) is 17.9 Å². The molecule has 0 unspecified atom stereocenters. The molecule has 3 heterocycles. The first-order chi connectivity index (χ1) is 11.1. The van der Waals surface area contributed by atoms with Gasteiger partial charge in [0.15, 0.2) is 0 Å². The Bertz CT molecular complexity index is 920. The molecule has 8 nitrogen and oxygen atoms in total. The molecule has 0 spiro atoms. The second-order valence-corrected chi connectivity index (χ2v) is 5.04. The molecular formula is C15H15N5O3. The maximum atomic E-state index is 11.9. The standard InChI is InChI=1S/C15H15N5O3/c21-13(4-7-19-8-5-14(22)17-15(19)23)16-10-11-9-12-3-1-2-6-20(12)18-11/h1-3,5-6,8-9H,4,7,10H2,(H,16,21)(H,17,22,23). The molecule has 0 atom stereocenters. The van der Waals surface area contributed by atoms with Crippen LogP contribution in [0.2, 0.25) is 0 Å². The van der Waals surface area contributed by atoms with Gasteiger partial charge in [-0.25, -0.2) is 9.31 Å². The molecule has 3 aromatic rings. The van der Waals surface area contributed by atoms with Gasteiger partial charge in [0.1, 0.15) is 0 Å². The Hall–Kier alpha value is -3.16. The number of aromatic amines is 1. The summed E-state index contributed by atoms with van der Waals surface area (Å²) in [6.07, 6.45) is 3.35. The highest BCUT2D eigenvalue weighted by Gasteiger charge is 2.06. The Kier molecular flexibility index (Phi) is 4.05. The average Bonchev–Trinajstić information content (AvgIpc) is 2.95. The predicted octanol–water partition coefficient (Wildman–Crippen LogP) is -0.109. The van der Waals surface area contributed by atoms with Gasteiger partial charge in [0.25, 0.3) is 5.56 Å². The number of pyridine rings is 1. The molecule has 2 N–H and O–H groups in total. The third kappa shape index (κ3) is 3.54. The fourth-order valence-electron chi connectivity index (χ4n) is 2.20. The number of nitrogens with one attached hydrogen (secondary N) is 2. The molecule has 0 radical (unpaired) electrons. The van der Waals surface area contributed by atoms with E-state index in [0.717, 1.165) is 11.2 Å². The highest BCUT2D eigenvalue weighted by Crippen LogP contribution is 2.05. The van der Waals surface area contributed by atoms with Crippen LogP contribution in [-0.4, -0.2) is 25.1 Å². The number of carbonyl (C=O) groups is 1. The Morgan fingerprint density at radius 2 is 2.09 bits per heavy atom. The number of aromatic nitrogens is 4. The molecule has 0 aliphatic carbocycles. The summed E-state index contributed by atoms with van der Waals surface area (Å²) in [5, 5.41) is 7.09. The first kappa shape index (κ1) is 14.8. The summed E-state index contributed by atoms with van der Waals surface area (Å²) in [7, 11) is 0. The molecular weight excluding hydrogens is 298 g/mol. The van der Waals surface area contributed by atoms with E-state index in [1.54, 1.807) is 4.52 Å². The van der Waals surface area contributed by atoms with E-state index in [1.165, 1.54) is 16.8 Å². The summed E-state index contributed by atoms with van der Waals surface area (Å²) in [4.78, 5) is 36.4. The second kappa shape index (κ2) is 6.30. The van der Waals surface area contributed by atoms with Gasteiger partial charge in [0.05, 0.1) is 17.8 Å². The summed E-state index contributed by atoms with van der Waals surface area (Å²) >= 11 is 0. The van der Waals surface area contributed by atoms with Crippen molar-refractivity contribution in [2.75, 3.05) is 0 Å². The zero-order valence-corrected chi connectivity index (χ0v) is 12.2. The zero-order valence-electron chi connectivity index (χ0n) is 12.2. The Morgan fingerprint density at radius 1 is 1.22 bits per heavy atom. The summed E-state index contributed by atoms with van der Waals surface area (Å²) in [5.41, 5.74) is 0.732. The molecule has 0 aliphatic heterocycles. The maximum Gasteiger partial charge on any atom is 0.328 e. The van der Waals surface area contributed by atoms with Gasteiger partial charge in [-0.15, -0.1) is 0 Å². The van der Waals surface area contributed by atoms with Crippen molar-refractivity contribution < 1.29 is 4.79 Å². The topological polar surface area (TPSA) is 101 Å². The number of aryl methyl sites for hydroxylation is 1. The fraction of sp³-hybridized carbons (Fsp3) is 0.200. The number of rotatable bonds is 5. The van der Waals surface area contributed by atoms with E-state index in [2.05, 4.69) is 15.4 Å². The Labute approximate surface area is 130 Å². The number of hydrogen-bond acceptors (Lipinski definition) is 4. The first-order valence-corrected chi connectivity index (χ1v) is 7.11. The van der Waals surface area contributed by atoms with Crippen LogP contribution in [0.5, 0.6) is 0 Å². The third-order valence-electron chi connectivity index (χ3n) is 3.36. The van der Waals surface area contributed by atoms with Crippen molar-refractivity contribution in [2.45, 2.75) is 19.5 Å². The number of amides is 1. The van der Waals surface area contributed by atoms with E-state index in [0.29, 0.717) is 6.54 Å². The van der Waals surface area contributed by atoms with Crippen LogP contribution in [0, 0.1) is 0 Å². The van der Waals surface area contributed by atoms with Crippen LogP contribution in [0.4, 0.5) is 0 Å². The molecule has 8 heteroatoms. The molecule has 1 amide bonds. The minimum Gasteiger partial charge on any atom is -0.350 e. The predicted molar refractivity (Wildman–Crippen MR) is 83.0 cm³/mol. The summed E-state index contributed by atoms with van der Waals surface area (Å²) in [6.45, 7) is 0.521. The van der Waals surface area contributed by atoms with Gasteiger partial charge in [-0.05, 0) is 18.2 Å². The lowest BCUT2D eigenvalue weighted by Gasteiger charge is -2.05. The smallest absolute Gasteiger partial charge is 0.328 e. The van der Waals surface area contributed by atoms with Crippen molar-refractivity contribution in [2.24, 2.45) is 0 Å². The average molecular weight is 313 g/mol. The van der Waals surface area contributed by atoms with Gasteiger partial charge in [-0.3, -0.25) is 14.6 Å². The van der Waals surface area contributed by atoms with E-state index in [9.17, 15) is 14.4 Å². The molecule has 0 bridgehead atoms. The second-order valence-electron chi connectivity index (χ2n) is 5.04. The molecule has 0 aromatic carbocycles. The van der Waals surface area contributed by atoms with Crippen LogP contribution in [0.1, 0.15) is 12.1 Å². The highest BCUT2D eigenvalue weighted by molar-refractivity contribution is 5.75. The monoisotopic (exact) mass is 313 g/mol. The van der Waals surface area contributed by atoms with Crippen LogP contribution < -0.4 is 16.6 Å². The minimum absolute atomic E-state index is 0.138. The lowest BCUT2D eigenvalue weighted by Crippen LogP contribution is -2.31. The molecule has 0 aliphatic rings.